The van der Waals surface area contributed by atoms with Crippen LogP contribution in [0, 0.1) is 11.3 Å². The SMILES string of the molecule is CN(C)/C=N/c1nc2c(nc(/C=C/C=C/c3ccc(C#N)cc3)n2[C@H]2C[C@H](O)[C@@H](CO)O2)c(=O)[nH]1. The molecule has 11 heteroatoms. The number of nitrogens with one attached hydrogen (secondary N) is 1. The minimum atomic E-state index is -0.871. The fourth-order valence-corrected chi connectivity index (χ4v) is 3.64. The first-order chi connectivity index (χ1) is 16.9. The third-order valence-corrected chi connectivity index (χ3v) is 5.33. The van der Waals surface area contributed by atoms with Gasteiger partial charge in [-0.2, -0.15) is 10.2 Å². The summed E-state index contributed by atoms with van der Waals surface area (Å²) in [5, 5.41) is 28.7. The fourth-order valence-electron chi connectivity index (χ4n) is 3.64. The van der Waals surface area contributed by atoms with Crippen molar-refractivity contribution in [2.45, 2.75) is 24.9 Å². The van der Waals surface area contributed by atoms with Crippen LogP contribution in [0.2, 0.25) is 0 Å². The number of nitrogens with zero attached hydrogens (tertiary/aromatic N) is 6. The average molecular weight is 476 g/mol. The minimum absolute atomic E-state index is 0.103. The first-order valence-electron chi connectivity index (χ1n) is 10.9. The Bertz CT molecular complexity index is 1380. The molecule has 1 aliphatic rings. The Hall–Kier alpha value is -4.11. The van der Waals surface area contributed by atoms with Gasteiger partial charge in [-0.25, -0.2) is 9.98 Å². The number of hydrogen-bond acceptors (Lipinski definition) is 8. The Morgan fingerprint density at radius 3 is 2.69 bits per heavy atom. The number of hydrogen-bond donors (Lipinski definition) is 3. The highest BCUT2D eigenvalue weighted by molar-refractivity contribution is 5.75. The van der Waals surface area contributed by atoms with Crippen LogP contribution in [0.4, 0.5) is 5.95 Å². The molecule has 0 radical (unpaired) electrons. The van der Waals surface area contributed by atoms with Crippen molar-refractivity contribution >= 4 is 35.6 Å². The van der Waals surface area contributed by atoms with Crippen LogP contribution in [0.3, 0.4) is 0 Å². The molecule has 3 N–H and O–H groups in total. The molecule has 0 amide bonds. The Kier molecular flexibility index (Phi) is 7.17. The average Bonchev–Trinajstić information content (AvgIpc) is 3.40. The van der Waals surface area contributed by atoms with Crippen molar-refractivity contribution in [3.63, 3.8) is 0 Å². The van der Waals surface area contributed by atoms with E-state index in [0.29, 0.717) is 11.4 Å². The standard InChI is InChI=1S/C24H25N7O4/c1-30(2)14-26-24-28-22-21(23(34)29-24)27-19(31(22)20-11-17(33)18(13-32)35-20)6-4-3-5-15-7-9-16(12-25)10-8-15/h3-10,14,17-18,20,32-33H,11,13H2,1-2H3,(H,28,29,34)/b5-3+,6-4+,26-14+/t17-,18+,20+/m0/s1. The summed E-state index contributed by atoms with van der Waals surface area (Å²) >= 11 is 0. The van der Waals surface area contributed by atoms with E-state index >= 15 is 0 Å². The van der Waals surface area contributed by atoms with E-state index in [9.17, 15) is 15.0 Å². The summed E-state index contributed by atoms with van der Waals surface area (Å²) in [6.45, 7) is -0.338. The number of nitriles is 1. The highest BCUT2D eigenvalue weighted by Crippen LogP contribution is 2.32. The van der Waals surface area contributed by atoms with Crippen molar-refractivity contribution in [1.29, 1.82) is 5.26 Å². The Balaban J connectivity index is 1.73. The molecule has 180 valence electrons. The van der Waals surface area contributed by atoms with E-state index in [1.165, 1.54) is 6.34 Å². The van der Waals surface area contributed by atoms with Crippen LogP contribution in [0.25, 0.3) is 23.3 Å². The van der Waals surface area contributed by atoms with Gasteiger partial charge in [0, 0.05) is 20.5 Å². The molecule has 4 rings (SSSR count). The monoisotopic (exact) mass is 475 g/mol. The number of H-pyrrole nitrogens is 1. The van der Waals surface area contributed by atoms with Gasteiger partial charge in [0.15, 0.2) is 11.2 Å². The van der Waals surface area contributed by atoms with Crippen LogP contribution in [-0.4, -0.2) is 73.9 Å². The number of benzene rings is 1. The zero-order valence-corrected chi connectivity index (χ0v) is 19.2. The molecule has 0 unspecified atom stereocenters. The van der Waals surface area contributed by atoms with Crippen molar-refractivity contribution in [2.24, 2.45) is 4.99 Å². The predicted molar refractivity (Wildman–Crippen MR) is 131 cm³/mol. The van der Waals surface area contributed by atoms with Crippen LogP contribution in [0.5, 0.6) is 0 Å². The predicted octanol–water partition coefficient (Wildman–Crippen LogP) is 1.58. The van der Waals surface area contributed by atoms with Crippen molar-refractivity contribution in [2.75, 3.05) is 20.7 Å². The second-order valence-electron chi connectivity index (χ2n) is 8.18. The molecule has 1 aromatic carbocycles. The molecule has 3 heterocycles. The maximum absolute atomic E-state index is 12.7. The highest BCUT2D eigenvalue weighted by atomic mass is 16.5. The number of fused-ring (bicyclic) bond motifs is 1. The maximum atomic E-state index is 12.7. The summed E-state index contributed by atoms with van der Waals surface area (Å²) in [5.74, 6) is 0.498. The van der Waals surface area contributed by atoms with Crippen LogP contribution >= 0.6 is 0 Å². The van der Waals surface area contributed by atoms with Gasteiger partial charge in [0.2, 0.25) is 5.95 Å². The number of ether oxygens (including phenoxy) is 1. The van der Waals surface area contributed by atoms with Gasteiger partial charge in [0.05, 0.1) is 30.7 Å². The molecular formula is C24H25N7O4. The topological polar surface area (TPSA) is 153 Å². The molecule has 3 aromatic rings. The van der Waals surface area contributed by atoms with Crippen molar-refractivity contribution in [3.05, 3.63) is 63.7 Å². The summed E-state index contributed by atoms with van der Waals surface area (Å²) in [6, 6.07) is 9.22. The highest BCUT2D eigenvalue weighted by Gasteiger charge is 2.36. The van der Waals surface area contributed by atoms with Crippen LogP contribution in [0.15, 0.2) is 46.2 Å². The lowest BCUT2D eigenvalue weighted by atomic mass is 10.1. The van der Waals surface area contributed by atoms with E-state index in [1.807, 2.05) is 18.2 Å². The van der Waals surface area contributed by atoms with Gasteiger partial charge >= 0.3 is 0 Å². The number of allylic oxidation sites excluding steroid dienone is 2. The Morgan fingerprint density at radius 1 is 1.29 bits per heavy atom. The molecule has 0 bridgehead atoms. The molecule has 0 aliphatic carbocycles. The molecular weight excluding hydrogens is 450 g/mol. The number of aliphatic hydroxyl groups excluding tert-OH is 2. The van der Waals surface area contributed by atoms with Crippen LogP contribution in [0.1, 0.15) is 29.6 Å². The van der Waals surface area contributed by atoms with Gasteiger partial charge in [0.1, 0.15) is 18.2 Å². The summed E-state index contributed by atoms with van der Waals surface area (Å²) < 4.78 is 7.47. The molecule has 2 aromatic heterocycles. The minimum Gasteiger partial charge on any atom is -0.394 e. The van der Waals surface area contributed by atoms with E-state index in [-0.39, 0.29) is 30.1 Å². The van der Waals surface area contributed by atoms with Crippen LogP contribution in [-0.2, 0) is 4.74 Å². The Labute approximate surface area is 201 Å². The summed E-state index contributed by atoms with van der Waals surface area (Å²) in [4.78, 5) is 30.1. The number of aliphatic hydroxyl groups is 2. The van der Waals surface area contributed by atoms with E-state index in [2.05, 4.69) is 26.0 Å². The maximum Gasteiger partial charge on any atom is 0.280 e. The molecule has 35 heavy (non-hydrogen) atoms. The summed E-state index contributed by atoms with van der Waals surface area (Å²) in [7, 11) is 3.59. The number of aliphatic imine (C=N–C) groups is 1. The quantitative estimate of drug-likeness (QED) is 0.265. The van der Waals surface area contributed by atoms with Gasteiger partial charge in [-0.15, -0.1) is 0 Å². The molecule has 0 saturated carbocycles. The van der Waals surface area contributed by atoms with Crippen molar-refractivity contribution < 1.29 is 14.9 Å². The van der Waals surface area contributed by atoms with Crippen LogP contribution < -0.4 is 5.56 Å². The van der Waals surface area contributed by atoms with E-state index in [0.717, 1.165) is 5.56 Å². The second kappa shape index (κ2) is 10.4. The zero-order valence-electron chi connectivity index (χ0n) is 19.2. The first kappa shape index (κ1) is 24.0. The molecule has 1 aliphatic heterocycles. The van der Waals surface area contributed by atoms with Gasteiger partial charge in [-0.3, -0.25) is 14.3 Å². The van der Waals surface area contributed by atoms with Gasteiger partial charge < -0.3 is 19.8 Å². The number of aromatic nitrogens is 4. The Morgan fingerprint density at radius 2 is 2.03 bits per heavy atom. The normalized spacial score (nSPS) is 20.5. The second-order valence-corrected chi connectivity index (χ2v) is 8.18. The number of rotatable bonds is 7. The van der Waals surface area contributed by atoms with Crippen molar-refractivity contribution in [1.82, 2.24) is 24.4 Å². The van der Waals surface area contributed by atoms with Gasteiger partial charge in [0.25, 0.3) is 5.56 Å². The van der Waals surface area contributed by atoms with Crippen molar-refractivity contribution in [3.8, 4) is 6.07 Å². The third kappa shape index (κ3) is 5.36. The lowest BCUT2D eigenvalue weighted by Crippen LogP contribution is -2.24. The lowest BCUT2D eigenvalue weighted by molar-refractivity contribution is -0.0434. The van der Waals surface area contributed by atoms with Gasteiger partial charge in [-0.1, -0.05) is 30.4 Å². The summed E-state index contributed by atoms with van der Waals surface area (Å²) in [6.07, 6.45) is 6.52. The lowest BCUT2D eigenvalue weighted by Gasteiger charge is -2.15. The molecule has 1 fully saturated rings. The molecule has 11 nitrogen and oxygen atoms in total. The smallest absolute Gasteiger partial charge is 0.280 e. The van der Waals surface area contributed by atoms with Gasteiger partial charge in [-0.05, 0) is 23.8 Å². The van der Waals surface area contributed by atoms with E-state index in [4.69, 9.17) is 10.00 Å². The fraction of sp³-hybridized carbons (Fsp3) is 0.292. The first-order valence-corrected chi connectivity index (χ1v) is 10.9. The van der Waals surface area contributed by atoms with E-state index in [1.54, 1.807) is 53.9 Å². The summed E-state index contributed by atoms with van der Waals surface area (Å²) in [5.41, 5.74) is 1.40. The molecule has 1 saturated heterocycles. The number of imidazole rings is 1. The zero-order chi connectivity index (χ0) is 24.9. The largest absolute Gasteiger partial charge is 0.394 e. The van der Waals surface area contributed by atoms with E-state index < -0.39 is 24.0 Å². The number of aromatic amines is 1. The third-order valence-electron chi connectivity index (χ3n) is 5.33. The molecule has 0 spiro atoms. The molecule has 3 atom stereocenters.